The number of benzene rings is 4. The maximum atomic E-state index is 11.9. The molecule has 0 saturated carbocycles. The van der Waals surface area contributed by atoms with Crippen LogP contribution in [0.3, 0.4) is 0 Å². The first-order valence-corrected chi connectivity index (χ1v) is 32.1. The van der Waals surface area contributed by atoms with E-state index in [-0.39, 0.29) is 23.9 Å². The normalized spacial score (nSPS) is 12.8. The second-order valence-corrected chi connectivity index (χ2v) is 25.8. The molecule has 0 fully saturated rings. The Balaban J connectivity index is 0.000000255. The summed E-state index contributed by atoms with van der Waals surface area (Å²) in [6.07, 6.45) is 14.8. The molecule has 0 aliphatic carbocycles. The molecule has 20 nitrogen and oxygen atoms in total. The fourth-order valence-corrected chi connectivity index (χ4v) is 12.4. The van der Waals surface area contributed by atoms with Gasteiger partial charge in [-0.3, -0.25) is 0 Å². The van der Waals surface area contributed by atoms with Crippen LogP contribution < -0.4 is 0 Å². The van der Waals surface area contributed by atoms with Gasteiger partial charge in [0, 0.05) is 66.4 Å². The van der Waals surface area contributed by atoms with Crippen molar-refractivity contribution in [3.8, 4) is 44.5 Å². The number of nitrogens with zero attached hydrogens (tertiary/aromatic N) is 4. The van der Waals surface area contributed by atoms with E-state index in [1.54, 1.807) is 48.6 Å². The van der Waals surface area contributed by atoms with Crippen molar-refractivity contribution < 1.29 is 51.9 Å². The second-order valence-electron chi connectivity index (χ2n) is 20.3. The zero-order valence-corrected chi connectivity index (χ0v) is 51.7. The Kier molecular flexibility index (Phi) is 15.6. The van der Waals surface area contributed by atoms with Gasteiger partial charge in [0.15, 0.2) is 0 Å². The fraction of sp³-hybridized carbons (Fsp3) is 0. The van der Waals surface area contributed by atoms with Gasteiger partial charge in [-0.1, -0.05) is 48.5 Å². The Labute approximate surface area is 524 Å². The topological polar surface area (TPSA) is 344 Å². The minimum atomic E-state index is -4.81. The van der Waals surface area contributed by atoms with Crippen LogP contribution in [-0.2, 0) is 40.5 Å². The van der Waals surface area contributed by atoms with E-state index >= 15 is 0 Å². The van der Waals surface area contributed by atoms with Gasteiger partial charge in [-0.2, -0.15) is 0 Å². The van der Waals surface area contributed by atoms with Gasteiger partial charge in [-0.05, 0) is 192 Å². The largest absolute Gasteiger partial charge is 4.00 e. The van der Waals surface area contributed by atoms with Gasteiger partial charge in [0.05, 0.1) is 65.1 Å². The molecule has 10 aromatic rings. The van der Waals surface area contributed by atoms with E-state index in [4.69, 9.17) is 9.97 Å². The van der Waals surface area contributed by atoms with Crippen molar-refractivity contribution in [2.45, 2.75) is 19.6 Å². The summed E-state index contributed by atoms with van der Waals surface area (Å²) in [5.74, 6) is 0. The summed E-state index contributed by atoms with van der Waals surface area (Å²) in [7, 11) is -19.2. The molecular weight excluding hydrogens is 1320 g/mol. The van der Waals surface area contributed by atoms with Gasteiger partial charge >= 0.3 is 23.9 Å². The molecule has 89 heavy (non-hydrogen) atoms. The summed E-state index contributed by atoms with van der Waals surface area (Å²) < 4.78 is 143. The summed E-state index contributed by atoms with van der Waals surface area (Å²) in [5.41, 5.74) is 14.6. The van der Waals surface area contributed by atoms with Crippen molar-refractivity contribution in [1.29, 1.82) is 0 Å². The third-order valence-electron chi connectivity index (χ3n) is 14.5. The molecule has 0 atom stereocenters. The quantitative estimate of drug-likeness (QED) is 0.0811. The third kappa shape index (κ3) is 12.7. The van der Waals surface area contributed by atoms with Crippen LogP contribution in [0.5, 0.6) is 0 Å². The van der Waals surface area contributed by atoms with Gasteiger partial charge < -0.3 is 38.1 Å². The Morgan fingerprint density at radius 2 is 0.494 bits per heavy atom. The predicted molar refractivity (Wildman–Crippen MR) is 337 cm³/mol. The molecule has 25 heteroatoms. The molecule has 4 aliphatic rings. The van der Waals surface area contributed by atoms with Crippen LogP contribution in [0.25, 0.3) is 137 Å². The first-order chi connectivity index (χ1) is 42.0. The van der Waals surface area contributed by atoms with Crippen molar-refractivity contribution >= 4 is 157 Å². The van der Waals surface area contributed by atoms with Crippen LogP contribution in [0.1, 0.15) is 45.6 Å². The van der Waals surface area contributed by atoms with Crippen molar-refractivity contribution in [3.63, 3.8) is 0 Å². The molecule has 16 bridgehead atoms. The Hall–Kier alpha value is -9.48. The Morgan fingerprint density at radius 3 is 0.742 bits per heavy atom. The van der Waals surface area contributed by atoms with Gasteiger partial charge in [0.2, 0.25) is 0 Å². The van der Waals surface area contributed by atoms with Crippen LogP contribution in [0.15, 0.2) is 189 Å². The summed E-state index contributed by atoms with van der Waals surface area (Å²) in [6.45, 7) is 0. The maximum Gasteiger partial charge on any atom is 4.00 e. The molecule has 0 spiro atoms. The molecule has 14 rings (SSSR count). The first-order valence-electron chi connectivity index (χ1n) is 26.5. The molecule has 0 unspecified atom stereocenters. The summed E-state index contributed by atoms with van der Waals surface area (Å²) in [6, 6.07) is 44.2. The number of H-pyrrole nitrogens is 4. The van der Waals surface area contributed by atoms with Crippen LogP contribution in [0, 0.1) is 0 Å². The van der Waals surface area contributed by atoms with Crippen molar-refractivity contribution in [2.75, 3.05) is 0 Å². The van der Waals surface area contributed by atoms with Gasteiger partial charge in [-0.25, -0.2) is 53.6 Å². The predicted octanol–water partition coefficient (Wildman–Crippen LogP) is 11.2. The van der Waals surface area contributed by atoms with E-state index in [1.165, 1.54) is 97.1 Å². The minimum absolute atomic E-state index is 0. The number of aromatic nitrogens is 8. The van der Waals surface area contributed by atoms with E-state index in [9.17, 15) is 51.9 Å². The first kappa shape index (κ1) is 59.8. The molecule has 0 radical (unpaired) electrons. The third-order valence-corrected chi connectivity index (χ3v) is 17.9. The average molecular weight is 1360 g/mol. The molecule has 436 valence electrons. The number of hydrogen-bond acceptors (Lipinski definition) is 16. The van der Waals surface area contributed by atoms with E-state index in [1.807, 2.05) is 42.5 Å². The van der Waals surface area contributed by atoms with Crippen LogP contribution >= 0.6 is 0 Å². The van der Waals surface area contributed by atoms with E-state index in [0.29, 0.717) is 89.4 Å². The summed E-state index contributed by atoms with van der Waals surface area (Å²) in [5, 5.41) is 0. The van der Waals surface area contributed by atoms with Crippen molar-refractivity contribution in [3.05, 3.63) is 215 Å². The SMILES string of the molecule is C1=Cc2cc3ccc(cc4ccc(cc5nc(cc1n2)C=C5)[nH]4)[nH]3.O=S(=O)([O-])c1ccc(-c2c3nc(c(-c4ccc(S(=O)(=O)[O-])cc4)c4ccc([nH]4)c(-c4ccc(S(=O)(=O)[O-])cc4)c4nc(c(-c5ccc(S(=O)(=O)[O-])cc5)c5ccc2[nH]5)C=C4)C=C3)cc1.[Sn+4]. The molecule has 0 saturated heterocycles. The van der Waals surface area contributed by atoms with E-state index in [0.717, 1.165) is 44.8 Å². The smallest absolute Gasteiger partial charge is 0.744 e. The fourth-order valence-electron chi connectivity index (χ4n) is 10.5. The zero-order chi connectivity index (χ0) is 61.3. The molecule has 4 aromatic carbocycles. The van der Waals surface area contributed by atoms with Gasteiger partial charge in [0.25, 0.3) is 0 Å². The van der Waals surface area contributed by atoms with Gasteiger partial charge in [0.1, 0.15) is 40.5 Å². The standard InChI is InChI=1S/C44H30N4O12S4.C20H14N4.Sn/c49-61(50,51)29-9-1-25(2-10-29)41-33-17-19-35(45-33)42(26-3-11-30(12-4-26)62(52,53)54)37-21-23-39(47-37)44(28-7-15-32(16-8-28)64(58,59)60)40-24-22-38(48-40)43(36-20-18-34(41)46-36)27-5-13-31(14-6-27)63(55,56)57;1-2-14-10-16-5-6-18(23-16)12-20-8-7-19(24-20)11-17-4-3-15(22-17)9-13(1)21-14;/h1-24,45,48H,(H,49,50,51)(H,52,53,54)(H,55,56,57)(H,58,59,60);1-12,21-22H;/q;;+4/p-4. The number of fused-ring (bicyclic) bond motifs is 16. The number of nitrogens with one attached hydrogen (secondary N) is 4. The monoisotopic (exact) mass is 1360 g/mol. The summed E-state index contributed by atoms with van der Waals surface area (Å²) in [4.78, 5) is 31.0. The number of aromatic amines is 4. The van der Waals surface area contributed by atoms with Crippen molar-refractivity contribution in [2.24, 2.45) is 0 Å². The van der Waals surface area contributed by atoms with Crippen molar-refractivity contribution in [1.82, 2.24) is 39.9 Å². The molecule has 4 N–H and O–H groups in total. The molecule has 10 heterocycles. The molecule has 4 aliphatic heterocycles. The number of hydrogen-bond donors (Lipinski definition) is 4. The zero-order valence-electron chi connectivity index (χ0n) is 45.6. The molecular formula is C64H40N8O12S4Sn. The molecule has 0 amide bonds. The second kappa shape index (κ2) is 23.2. The Morgan fingerprint density at radius 1 is 0.258 bits per heavy atom. The minimum Gasteiger partial charge on any atom is -0.744 e. The maximum absolute atomic E-state index is 11.9. The summed E-state index contributed by atoms with van der Waals surface area (Å²) >= 11 is 0. The molecule has 6 aromatic heterocycles. The van der Waals surface area contributed by atoms with Crippen LogP contribution in [0.2, 0.25) is 0 Å². The van der Waals surface area contributed by atoms with Gasteiger partial charge in [-0.15, -0.1) is 0 Å². The average Bonchev–Trinajstić information content (AvgIpc) is 2.02. The number of rotatable bonds is 8. The van der Waals surface area contributed by atoms with Crippen LogP contribution in [0.4, 0.5) is 0 Å². The van der Waals surface area contributed by atoms with E-state index < -0.39 is 60.1 Å². The van der Waals surface area contributed by atoms with E-state index in [2.05, 4.69) is 60.2 Å². The van der Waals surface area contributed by atoms with Crippen LogP contribution in [-0.4, -0.2) is 116 Å². The Bertz CT molecular complexity index is 4960.